The van der Waals surface area contributed by atoms with Gasteiger partial charge in [-0.15, -0.1) is 0 Å². The minimum Gasteiger partial charge on any atom is -0.465 e. The zero-order chi connectivity index (χ0) is 12.0. The van der Waals surface area contributed by atoms with Crippen molar-refractivity contribution in [1.29, 1.82) is 0 Å². The number of hydrogen-bond donors (Lipinski definition) is 1. The lowest BCUT2D eigenvalue weighted by Crippen LogP contribution is -2.01. The third-order valence-corrected chi connectivity index (χ3v) is 3.83. The molecule has 0 aliphatic heterocycles. The first kappa shape index (κ1) is 13.6. The molecule has 90 valence electrons. The minimum absolute atomic E-state index is 0.198. The summed E-state index contributed by atoms with van der Waals surface area (Å²) in [5, 5.41) is 3.98. The van der Waals surface area contributed by atoms with Crippen molar-refractivity contribution < 1.29 is 9.53 Å². The molecule has 0 aliphatic carbocycles. The molecule has 0 amide bonds. The van der Waals surface area contributed by atoms with Crippen LogP contribution >= 0.6 is 34.7 Å². The summed E-state index contributed by atoms with van der Waals surface area (Å²) in [7, 11) is 1.32. The van der Waals surface area contributed by atoms with E-state index in [0.29, 0.717) is 10.0 Å². The Morgan fingerprint density at radius 3 is 3.06 bits per heavy atom. The van der Waals surface area contributed by atoms with Crippen molar-refractivity contribution in [3.05, 3.63) is 10.0 Å². The van der Waals surface area contributed by atoms with E-state index in [2.05, 4.69) is 21.3 Å². The number of aromatic nitrogens is 1. The van der Waals surface area contributed by atoms with E-state index < -0.39 is 5.97 Å². The molecule has 16 heavy (non-hydrogen) atoms. The van der Waals surface area contributed by atoms with E-state index >= 15 is 0 Å². The summed E-state index contributed by atoms with van der Waals surface area (Å²) in [5.41, 5.74) is 0. The van der Waals surface area contributed by atoms with Gasteiger partial charge in [0.15, 0.2) is 15.2 Å². The van der Waals surface area contributed by atoms with E-state index in [1.54, 1.807) is 11.8 Å². The largest absolute Gasteiger partial charge is 0.465 e. The van der Waals surface area contributed by atoms with Crippen LogP contribution in [0.25, 0.3) is 0 Å². The number of carbonyl (C=O) groups excluding carboxylic acids is 1. The molecule has 0 saturated heterocycles. The number of ether oxygens (including phenoxy) is 1. The van der Waals surface area contributed by atoms with E-state index in [1.165, 1.54) is 18.4 Å². The molecule has 4 nitrogen and oxygen atoms in total. The Morgan fingerprint density at radius 1 is 1.69 bits per heavy atom. The predicted octanol–water partition coefficient (Wildman–Crippen LogP) is 2.75. The summed E-state index contributed by atoms with van der Waals surface area (Å²) in [5.74, 6) is 0.648. The highest BCUT2D eigenvalue weighted by Gasteiger charge is 2.16. The molecule has 0 unspecified atom stereocenters. The second-order valence-corrected chi connectivity index (χ2v) is 5.25. The molecule has 0 saturated carbocycles. The smallest absolute Gasteiger partial charge is 0.351 e. The highest BCUT2D eigenvalue weighted by atomic mass is 35.5. The number of nitrogens with one attached hydrogen (secondary N) is 1. The SMILES string of the molecule is COC(=O)c1sc(NCCCSC)nc1Cl. The monoisotopic (exact) mass is 280 g/mol. The van der Waals surface area contributed by atoms with E-state index in [-0.39, 0.29) is 5.15 Å². The van der Waals surface area contributed by atoms with Crippen LogP contribution < -0.4 is 5.32 Å². The lowest BCUT2D eigenvalue weighted by atomic mass is 10.5. The number of anilines is 1. The lowest BCUT2D eigenvalue weighted by Gasteiger charge is -1.99. The summed E-state index contributed by atoms with van der Waals surface area (Å²) in [6.07, 6.45) is 3.11. The van der Waals surface area contributed by atoms with Crippen molar-refractivity contribution in [2.45, 2.75) is 6.42 Å². The van der Waals surface area contributed by atoms with Crippen molar-refractivity contribution >= 4 is 45.8 Å². The minimum atomic E-state index is -0.445. The highest BCUT2D eigenvalue weighted by molar-refractivity contribution is 7.98. The zero-order valence-corrected chi connectivity index (χ0v) is 11.5. The number of hydrogen-bond acceptors (Lipinski definition) is 6. The van der Waals surface area contributed by atoms with Gasteiger partial charge in [0.2, 0.25) is 0 Å². The molecule has 0 atom stereocenters. The molecular formula is C9H13ClN2O2S2. The average Bonchev–Trinajstić information content (AvgIpc) is 2.65. The number of rotatable bonds is 6. The average molecular weight is 281 g/mol. The van der Waals surface area contributed by atoms with Gasteiger partial charge in [0.05, 0.1) is 7.11 Å². The third-order valence-electron chi connectivity index (χ3n) is 1.76. The van der Waals surface area contributed by atoms with Crippen molar-refractivity contribution in [1.82, 2.24) is 4.98 Å². The molecule has 1 aromatic rings. The molecule has 1 N–H and O–H groups in total. The molecule has 1 rings (SSSR count). The summed E-state index contributed by atoms with van der Waals surface area (Å²) < 4.78 is 4.59. The van der Waals surface area contributed by atoms with Crippen molar-refractivity contribution in [2.24, 2.45) is 0 Å². The summed E-state index contributed by atoms with van der Waals surface area (Å²) >= 11 is 8.82. The van der Waals surface area contributed by atoms with Gasteiger partial charge in [-0.1, -0.05) is 22.9 Å². The lowest BCUT2D eigenvalue weighted by molar-refractivity contribution is 0.0606. The third kappa shape index (κ3) is 3.84. The molecular weight excluding hydrogens is 268 g/mol. The summed E-state index contributed by atoms with van der Waals surface area (Å²) in [4.78, 5) is 15.6. The number of carbonyl (C=O) groups is 1. The van der Waals surface area contributed by atoms with Crippen LogP contribution in [0.1, 0.15) is 16.1 Å². The summed E-state index contributed by atoms with van der Waals surface area (Å²) in [6, 6.07) is 0. The Morgan fingerprint density at radius 2 is 2.44 bits per heavy atom. The fraction of sp³-hybridized carbons (Fsp3) is 0.556. The van der Waals surface area contributed by atoms with Crippen molar-refractivity contribution in [2.75, 3.05) is 31.0 Å². The Balaban J connectivity index is 2.52. The van der Waals surface area contributed by atoms with E-state index in [4.69, 9.17) is 11.6 Å². The second-order valence-electron chi connectivity index (χ2n) is 2.90. The molecule has 1 heterocycles. The molecule has 7 heteroatoms. The molecule has 0 aromatic carbocycles. The van der Waals surface area contributed by atoms with Gasteiger partial charge in [0.25, 0.3) is 0 Å². The zero-order valence-electron chi connectivity index (χ0n) is 9.08. The maximum Gasteiger partial charge on any atom is 0.351 e. The van der Waals surface area contributed by atoms with E-state index in [9.17, 15) is 4.79 Å². The number of methoxy groups -OCH3 is 1. The van der Waals surface area contributed by atoms with Crippen LogP contribution in [0.2, 0.25) is 5.15 Å². The standard InChI is InChI=1S/C9H13ClN2O2S2/c1-14-8(13)6-7(10)12-9(16-6)11-4-3-5-15-2/h3-5H2,1-2H3,(H,11,12). The van der Waals surface area contributed by atoms with Crippen molar-refractivity contribution in [3.63, 3.8) is 0 Å². The number of thioether (sulfide) groups is 1. The number of nitrogens with zero attached hydrogens (tertiary/aromatic N) is 1. The molecule has 0 bridgehead atoms. The van der Waals surface area contributed by atoms with Gasteiger partial charge in [0.1, 0.15) is 0 Å². The Kier molecular flexibility index (Phi) is 5.94. The molecule has 0 spiro atoms. The van der Waals surface area contributed by atoms with Crippen LogP contribution in [-0.2, 0) is 4.74 Å². The first-order chi connectivity index (χ1) is 7.69. The van der Waals surface area contributed by atoms with Gasteiger partial charge in [0, 0.05) is 6.54 Å². The fourth-order valence-corrected chi connectivity index (χ4v) is 2.57. The van der Waals surface area contributed by atoms with Crippen LogP contribution in [0.5, 0.6) is 0 Å². The molecule has 1 aromatic heterocycles. The van der Waals surface area contributed by atoms with Crippen LogP contribution in [0, 0.1) is 0 Å². The molecule has 0 fully saturated rings. The topological polar surface area (TPSA) is 51.2 Å². The second kappa shape index (κ2) is 6.98. The van der Waals surface area contributed by atoms with Crippen LogP contribution in [-0.4, -0.2) is 36.6 Å². The van der Waals surface area contributed by atoms with Gasteiger partial charge in [-0.2, -0.15) is 11.8 Å². The van der Waals surface area contributed by atoms with Gasteiger partial charge < -0.3 is 10.1 Å². The summed E-state index contributed by atoms with van der Waals surface area (Å²) in [6.45, 7) is 0.825. The first-order valence-corrected chi connectivity index (χ1v) is 7.25. The Hall–Kier alpha value is -0.460. The van der Waals surface area contributed by atoms with Crippen molar-refractivity contribution in [3.8, 4) is 0 Å². The van der Waals surface area contributed by atoms with Crippen LogP contribution in [0.15, 0.2) is 0 Å². The van der Waals surface area contributed by atoms with Crippen LogP contribution in [0.3, 0.4) is 0 Å². The Labute approximate surface area is 108 Å². The van der Waals surface area contributed by atoms with E-state index in [1.807, 2.05) is 0 Å². The van der Waals surface area contributed by atoms with Crippen LogP contribution in [0.4, 0.5) is 5.13 Å². The number of thiazole rings is 1. The fourth-order valence-electron chi connectivity index (χ4n) is 1.01. The quantitative estimate of drug-likeness (QED) is 0.641. The maximum absolute atomic E-state index is 11.3. The normalized spacial score (nSPS) is 10.2. The number of halogens is 1. The molecule has 0 aliphatic rings. The van der Waals surface area contributed by atoms with Gasteiger partial charge in [-0.3, -0.25) is 0 Å². The highest BCUT2D eigenvalue weighted by Crippen LogP contribution is 2.27. The molecule has 0 radical (unpaired) electrons. The van der Waals surface area contributed by atoms with Gasteiger partial charge in [-0.05, 0) is 18.4 Å². The predicted molar refractivity (Wildman–Crippen MR) is 70.0 cm³/mol. The van der Waals surface area contributed by atoms with Gasteiger partial charge >= 0.3 is 5.97 Å². The first-order valence-electron chi connectivity index (χ1n) is 4.66. The maximum atomic E-state index is 11.3. The number of esters is 1. The van der Waals surface area contributed by atoms with Gasteiger partial charge in [-0.25, -0.2) is 9.78 Å². The Bertz CT molecular complexity index is 357. The van der Waals surface area contributed by atoms with E-state index in [0.717, 1.165) is 18.7 Å².